The maximum Gasteiger partial charge on any atom is 0.442 e. The van der Waals surface area contributed by atoms with Crippen LogP contribution < -0.4 is 4.90 Å². The van der Waals surface area contributed by atoms with Crippen molar-refractivity contribution in [2.75, 3.05) is 11.4 Å². The highest BCUT2D eigenvalue weighted by atomic mass is 32.2. The molecule has 0 spiro atoms. The molecule has 1 aliphatic rings. The van der Waals surface area contributed by atoms with Gasteiger partial charge in [0.15, 0.2) is 4.98 Å². The molecule has 2 rings (SSSR count). The quantitative estimate of drug-likeness (QED) is 0.654. The summed E-state index contributed by atoms with van der Waals surface area (Å²) < 4.78 is 30.9. The molecule has 1 heterocycles. The molecule has 6 nitrogen and oxygen atoms in total. The van der Waals surface area contributed by atoms with Crippen LogP contribution in [0.4, 0.5) is 5.69 Å². The van der Waals surface area contributed by atoms with Crippen LogP contribution >= 0.6 is 11.8 Å². The van der Waals surface area contributed by atoms with Crippen molar-refractivity contribution in [1.82, 2.24) is 0 Å². The Labute approximate surface area is 103 Å². The van der Waals surface area contributed by atoms with Gasteiger partial charge in [0.25, 0.3) is 10.1 Å². The lowest BCUT2D eigenvalue weighted by Crippen LogP contribution is -2.25. The molecule has 1 atom stereocenters. The monoisotopic (exact) mass is 272 g/mol. The fourth-order valence-corrected chi connectivity index (χ4v) is 3.44. The van der Waals surface area contributed by atoms with Crippen molar-refractivity contribution in [3.8, 4) is 0 Å². The maximum absolute atomic E-state index is 11.0. The van der Waals surface area contributed by atoms with E-state index in [0.29, 0.717) is 11.4 Å². The lowest BCUT2D eigenvalue weighted by molar-refractivity contribution is 0.483. The van der Waals surface area contributed by atoms with Crippen LogP contribution in [-0.4, -0.2) is 25.0 Å². The van der Waals surface area contributed by atoms with Gasteiger partial charge in [0.05, 0.1) is 10.6 Å². The van der Waals surface area contributed by atoms with E-state index in [1.807, 2.05) is 11.8 Å². The van der Waals surface area contributed by atoms with E-state index in [-0.39, 0.29) is 4.90 Å². The molecule has 0 saturated heterocycles. The zero-order chi connectivity index (χ0) is 12.6. The highest BCUT2D eigenvalue weighted by Gasteiger charge is 2.38. The summed E-state index contributed by atoms with van der Waals surface area (Å²) in [6, 6.07) is 4.31. The Bertz CT molecular complexity index is 594. The second-order valence-corrected chi connectivity index (χ2v) is 5.97. The molecule has 1 N–H and O–H groups in total. The van der Waals surface area contributed by atoms with Crippen LogP contribution in [0.15, 0.2) is 28.0 Å². The summed E-state index contributed by atoms with van der Waals surface area (Å²) >= 11 is 1.23. The first-order valence-corrected chi connectivity index (χ1v) is 7.18. The average molecular weight is 272 g/mol. The normalized spacial score (nSPS) is 18.9. The Kier molecular flexibility index (Phi) is 2.99. The van der Waals surface area contributed by atoms with E-state index in [9.17, 15) is 8.42 Å². The van der Waals surface area contributed by atoms with E-state index in [1.165, 1.54) is 23.9 Å². The number of diazo groups is 1. The van der Waals surface area contributed by atoms with Gasteiger partial charge in [-0.05, 0) is 36.9 Å². The van der Waals surface area contributed by atoms with E-state index >= 15 is 0 Å². The molecule has 0 bridgehead atoms. The van der Waals surface area contributed by atoms with Crippen molar-refractivity contribution in [3.05, 3.63) is 23.2 Å². The summed E-state index contributed by atoms with van der Waals surface area (Å²) in [7, 11) is -4.20. The Morgan fingerprint density at radius 2 is 2.29 bits per heavy atom. The van der Waals surface area contributed by atoms with E-state index < -0.39 is 15.6 Å². The number of thioether (sulfide) groups is 1. The zero-order valence-corrected chi connectivity index (χ0v) is 10.6. The van der Waals surface area contributed by atoms with Crippen molar-refractivity contribution in [2.24, 2.45) is 0 Å². The minimum absolute atomic E-state index is 0.154. The van der Waals surface area contributed by atoms with Crippen LogP contribution in [0, 0.1) is 5.39 Å². The van der Waals surface area contributed by atoms with Crippen LogP contribution in [0.5, 0.6) is 0 Å². The molecule has 0 aliphatic carbocycles. The Hall–Kier alpha value is -1.30. The SMILES string of the molecule is CCN1c2ccc(S(=O)(=O)O)cc2SC1[N+]#N. The van der Waals surface area contributed by atoms with Gasteiger partial charge in [-0.2, -0.15) is 8.42 Å². The zero-order valence-electron chi connectivity index (χ0n) is 8.94. The number of benzene rings is 1. The number of fused-ring (bicyclic) bond motifs is 1. The van der Waals surface area contributed by atoms with Gasteiger partial charge in [0.2, 0.25) is 5.39 Å². The fourth-order valence-electron chi connectivity index (χ4n) is 1.70. The fraction of sp³-hybridized carbons (Fsp3) is 0.333. The molecule has 17 heavy (non-hydrogen) atoms. The number of hydrogen-bond donors (Lipinski definition) is 1. The number of anilines is 1. The third kappa shape index (κ3) is 2.09. The Balaban J connectivity index is 2.49. The van der Waals surface area contributed by atoms with Crippen LogP contribution in [0.2, 0.25) is 0 Å². The summed E-state index contributed by atoms with van der Waals surface area (Å²) in [5.41, 5.74) is 0.333. The predicted octanol–water partition coefficient (Wildman–Crippen LogP) is 2.00. The van der Waals surface area contributed by atoms with Crippen LogP contribution in [0.1, 0.15) is 6.92 Å². The van der Waals surface area contributed by atoms with Gasteiger partial charge < -0.3 is 0 Å². The Morgan fingerprint density at radius 1 is 1.59 bits per heavy atom. The van der Waals surface area contributed by atoms with Crippen molar-refractivity contribution in [3.63, 3.8) is 0 Å². The number of rotatable bonds is 2. The van der Waals surface area contributed by atoms with E-state index in [1.54, 1.807) is 6.07 Å². The third-order valence-electron chi connectivity index (χ3n) is 2.48. The minimum Gasteiger partial charge on any atom is -0.286 e. The van der Waals surface area contributed by atoms with E-state index in [4.69, 9.17) is 9.95 Å². The van der Waals surface area contributed by atoms with Crippen LogP contribution in [0.3, 0.4) is 0 Å². The van der Waals surface area contributed by atoms with Gasteiger partial charge >= 0.3 is 5.50 Å². The topological polar surface area (TPSA) is 85.8 Å². The van der Waals surface area contributed by atoms with Gasteiger partial charge in [0, 0.05) is 11.4 Å². The third-order valence-corrected chi connectivity index (χ3v) is 4.47. The molecule has 0 amide bonds. The van der Waals surface area contributed by atoms with Crippen LogP contribution in [-0.2, 0) is 10.1 Å². The maximum atomic E-state index is 11.0. The van der Waals surface area contributed by atoms with Gasteiger partial charge in [-0.1, -0.05) is 0 Å². The highest BCUT2D eigenvalue weighted by Crippen LogP contribution is 2.44. The molecule has 0 saturated carbocycles. The standard InChI is InChI=1S/C9H9N3O3S2/c1-2-12-7-4-3-6(17(13,14)15)5-8(7)16-9(12)11-10/h3-5,9H,2H2,1H3/p+1. The number of nitrogens with zero attached hydrogens (tertiary/aromatic N) is 3. The minimum atomic E-state index is -4.20. The molecule has 1 aromatic rings. The van der Waals surface area contributed by atoms with Crippen molar-refractivity contribution in [1.29, 1.82) is 5.39 Å². The summed E-state index contributed by atoms with van der Waals surface area (Å²) in [6.45, 7) is 2.55. The first kappa shape index (κ1) is 12.2. The Morgan fingerprint density at radius 3 is 2.82 bits per heavy atom. The highest BCUT2D eigenvalue weighted by molar-refractivity contribution is 8.00. The van der Waals surface area contributed by atoms with E-state index in [2.05, 4.69) is 4.98 Å². The molecule has 0 fully saturated rings. The van der Waals surface area contributed by atoms with Crippen molar-refractivity contribution < 1.29 is 13.0 Å². The molecule has 1 aliphatic heterocycles. The average Bonchev–Trinajstić information content (AvgIpc) is 2.64. The predicted molar refractivity (Wildman–Crippen MR) is 64.0 cm³/mol. The molecule has 8 heteroatoms. The molecule has 0 aromatic heterocycles. The lowest BCUT2D eigenvalue weighted by Gasteiger charge is -2.12. The van der Waals surface area contributed by atoms with Crippen molar-refractivity contribution in [2.45, 2.75) is 22.2 Å². The second-order valence-electron chi connectivity index (χ2n) is 3.45. The van der Waals surface area contributed by atoms with Gasteiger partial charge in [-0.3, -0.25) is 9.45 Å². The van der Waals surface area contributed by atoms with Gasteiger partial charge in [0.1, 0.15) is 0 Å². The molecule has 1 aromatic carbocycles. The number of hydrogen-bond acceptors (Lipinski definition) is 5. The van der Waals surface area contributed by atoms with E-state index in [0.717, 1.165) is 5.69 Å². The summed E-state index contributed by atoms with van der Waals surface area (Å²) in [6.07, 6.45) is 0. The first-order chi connectivity index (χ1) is 7.97. The molecular weight excluding hydrogens is 262 g/mol. The van der Waals surface area contributed by atoms with Gasteiger partial charge in [-0.25, -0.2) is 0 Å². The smallest absolute Gasteiger partial charge is 0.286 e. The molecule has 90 valence electrons. The van der Waals surface area contributed by atoms with Crippen LogP contribution in [0.25, 0.3) is 4.98 Å². The summed E-state index contributed by atoms with van der Waals surface area (Å²) in [5, 5.41) is 8.86. The van der Waals surface area contributed by atoms with Gasteiger partial charge in [-0.15, -0.1) is 0 Å². The molecule has 1 unspecified atom stereocenters. The second kappa shape index (κ2) is 4.18. The summed E-state index contributed by atoms with van der Waals surface area (Å²) in [5.74, 6) is 0. The van der Waals surface area contributed by atoms with Crippen molar-refractivity contribution >= 4 is 27.6 Å². The molecular formula is C9H10N3O3S2+. The summed E-state index contributed by atoms with van der Waals surface area (Å²) in [4.78, 5) is 5.57. The molecule has 0 radical (unpaired) electrons. The largest absolute Gasteiger partial charge is 0.442 e. The first-order valence-electron chi connectivity index (χ1n) is 4.86. The lowest BCUT2D eigenvalue weighted by atomic mass is 10.3.